The van der Waals surface area contributed by atoms with Gasteiger partial charge in [0.1, 0.15) is 16.9 Å². The Labute approximate surface area is 189 Å². The molecule has 0 amide bonds. The molecule has 172 valence electrons. The molecule has 2 aliphatic rings. The van der Waals surface area contributed by atoms with Crippen LogP contribution in [-0.2, 0) is 21.4 Å². The Morgan fingerprint density at radius 3 is 2.59 bits per heavy atom. The lowest BCUT2D eigenvalue weighted by Crippen LogP contribution is -2.53. The van der Waals surface area contributed by atoms with Gasteiger partial charge in [0.25, 0.3) is 0 Å². The highest BCUT2D eigenvalue weighted by atomic mass is 32.2. The van der Waals surface area contributed by atoms with Crippen LogP contribution in [0.5, 0.6) is 0 Å². The summed E-state index contributed by atoms with van der Waals surface area (Å²) in [5, 5.41) is 2.56. The fourth-order valence-corrected chi connectivity index (χ4v) is 6.85. The maximum Gasteiger partial charge on any atom is 0.221 e. The Balaban J connectivity index is 1.54. The molecule has 8 heteroatoms. The molecule has 0 aromatic heterocycles. The van der Waals surface area contributed by atoms with Gasteiger partial charge in [0.05, 0.1) is 6.04 Å². The summed E-state index contributed by atoms with van der Waals surface area (Å²) in [6.45, 7) is 5.80. The highest BCUT2D eigenvalue weighted by Gasteiger charge is 2.39. The number of benzene rings is 2. The molecule has 3 unspecified atom stereocenters. The fraction of sp³-hybridized carbons (Fsp3) is 0.458. The Bertz CT molecular complexity index is 1080. The lowest BCUT2D eigenvalue weighted by atomic mass is 10.00. The molecule has 2 aromatic carbocycles. The number of anilines is 1. The Morgan fingerprint density at radius 1 is 1.16 bits per heavy atom. The van der Waals surface area contributed by atoms with Crippen LogP contribution in [0.15, 0.2) is 48.5 Å². The number of carbonyl (C=O) groups is 1. The number of hydrogen-bond acceptors (Lipinski definition) is 5. The number of rotatable bonds is 5. The van der Waals surface area contributed by atoms with E-state index in [4.69, 9.17) is 0 Å². The van der Waals surface area contributed by atoms with E-state index in [1.807, 2.05) is 48.2 Å². The minimum absolute atomic E-state index is 0.0136. The van der Waals surface area contributed by atoms with Crippen molar-refractivity contribution in [3.63, 3.8) is 0 Å². The van der Waals surface area contributed by atoms with Crippen molar-refractivity contribution in [2.45, 2.75) is 38.1 Å². The first-order valence-electron chi connectivity index (χ1n) is 11.1. The van der Waals surface area contributed by atoms with Gasteiger partial charge >= 0.3 is 0 Å². The molecule has 0 aliphatic carbocycles. The first kappa shape index (κ1) is 22.9. The zero-order valence-electron chi connectivity index (χ0n) is 18.5. The smallest absolute Gasteiger partial charge is 0.221 e. The second-order valence-corrected chi connectivity index (χ2v) is 11.0. The first-order chi connectivity index (χ1) is 15.3. The van der Waals surface area contributed by atoms with E-state index in [2.05, 4.69) is 5.32 Å². The topological polar surface area (TPSA) is 69.7 Å². The number of carbonyl (C=O) groups excluding carboxylic acids is 1. The van der Waals surface area contributed by atoms with Crippen LogP contribution in [0.25, 0.3) is 0 Å². The molecule has 2 aromatic rings. The SMILES string of the molecule is CC(=O)C1CN(c2ccc(CN3CC(C)CC(c4ccccc4)S3(=O)=O)c(F)c2)CCN1. The van der Waals surface area contributed by atoms with E-state index in [0.29, 0.717) is 43.9 Å². The van der Waals surface area contributed by atoms with Crippen LogP contribution in [-0.4, -0.2) is 50.7 Å². The van der Waals surface area contributed by atoms with Crippen molar-refractivity contribution in [1.82, 2.24) is 9.62 Å². The molecule has 2 fully saturated rings. The molecule has 32 heavy (non-hydrogen) atoms. The summed E-state index contributed by atoms with van der Waals surface area (Å²) >= 11 is 0. The molecule has 0 saturated carbocycles. The van der Waals surface area contributed by atoms with Crippen molar-refractivity contribution in [3.8, 4) is 0 Å². The molecule has 0 bridgehead atoms. The van der Waals surface area contributed by atoms with Crippen molar-refractivity contribution in [3.05, 3.63) is 65.5 Å². The van der Waals surface area contributed by atoms with Crippen LogP contribution in [0.3, 0.4) is 0 Å². The van der Waals surface area contributed by atoms with Gasteiger partial charge in [0.15, 0.2) is 0 Å². The van der Waals surface area contributed by atoms with E-state index in [-0.39, 0.29) is 24.3 Å². The molecule has 3 atom stereocenters. The van der Waals surface area contributed by atoms with Crippen molar-refractivity contribution < 1.29 is 17.6 Å². The average Bonchev–Trinajstić information content (AvgIpc) is 2.78. The van der Waals surface area contributed by atoms with Crippen LogP contribution in [0, 0.1) is 11.7 Å². The van der Waals surface area contributed by atoms with Gasteiger partial charge < -0.3 is 10.2 Å². The van der Waals surface area contributed by atoms with Crippen molar-refractivity contribution >= 4 is 21.5 Å². The van der Waals surface area contributed by atoms with Crippen LogP contribution < -0.4 is 10.2 Å². The number of nitrogens with one attached hydrogen (secondary N) is 1. The van der Waals surface area contributed by atoms with Gasteiger partial charge in [-0.05, 0) is 37.0 Å². The monoisotopic (exact) mass is 459 g/mol. The zero-order valence-corrected chi connectivity index (χ0v) is 19.3. The zero-order chi connectivity index (χ0) is 22.9. The fourth-order valence-electron chi connectivity index (χ4n) is 4.63. The summed E-state index contributed by atoms with van der Waals surface area (Å²) < 4.78 is 43.2. The van der Waals surface area contributed by atoms with Crippen LogP contribution in [0.4, 0.5) is 10.1 Å². The predicted molar refractivity (Wildman–Crippen MR) is 123 cm³/mol. The number of piperazine rings is 1. The number of nitrogens with zero attached hydrogens (tertiary/aromatic N) is 2. The largest absolute Gasteiger partial charge is 0.368 e. The molecule has 0 radical (unpaired) electrons. The number of Topliss-reactive ketones (excluding diaryl/α,β-unsaturated/α-hetero) is 1. The van der Waals surface area contributed by atoms with Crippen molar-refractivity contribution in [2.75, 3.05) is 31.1 Å². The summed E-state index contributed by atoms with van der Waals surface area (Å²) in [5.41, 5.74) is 1.84. The minimum atomic E-state index is -3.60. The molecule has 6 nitrogen and oxygen atoms in total. The normalized spacial score (nSPS) is 26.1. The van der Waals surface area contributed by atoms with E-state index in [1.54, 1.807) is 13.0 Å². The number of sulfonamides is 1. The molecule has 0 spiro atoms. The van der Waals surface area contributed by atoms with Gasteiger partial charge in [0.2, 0.25) is 10.0 Å². The van der Waals surface area contributed by atoms with E-state index < -0.39 is 21.1 Å². The molecule has 4 rings (SSSR count). The van der Waals surface area contributed by atoms with Gasteiger partial charge in [-0.25, -0.2) is 12.8 Å². The summed E-state index contributed by atoms with van der Waals surface area (Å²) in [4.78, 5) is 13.7. The third-order valence-electron chi connectivity index (χ3n) is 6.44. The minimum Gasteiger partial charge on any atom is -0.368 e. The quantitative estimate of drug-likeness (QED) is 0.744. The second-order valence-electron chi connectivity index (χ2n) is 8.92. The Hall–Kier alpha value is -2.29. The van der Waals surface area contributed by atoms with Gasteiger partial charge in [0, 0.05) is 44.0 Å². The number of hydrogen-bond donors (Lipinski definition) is 1. The first-order valence-corrected chi connectivity index (χ1v) is 12.6. The summed E-state index contributed by atoms with van der Waals surface area (Å²) in [5.74, 6) is -0.190. The van der Waals surface area contributed by atoms with E-state index in [1.165, 1.54) is 10.4 Å². The highest BCUT2D eigenvalue weighted by Crippen LogP contribution is 2.38. The molecular formula is C24H30FN3O3S. The highest BCUT2D eigenvalue weighted by molar-refractivity contribution is 7.89. The van der Waals surface area contributed by atoms with Crippen LogP contribution in [0.1, 0.15) is 36.6 Å². The van der Waals surface area contributed by atoms with E-state index in [9.17, 15) is 13.2 Å². The second kappa shape index (κ2) is 9.29. The van der Waals surface area contributed by atoms with Gasteiger partial charge in [-0.2, -0.15) is 4.31 Å². The molecular weight excluding hydrogens is 429 g/mol. The number of ketones is 1. The average molecular weight is 460 g/mol. The van der Waals surface area contributed by atoms with Gasteiger partial charge in [-0.3, -0.25) is 4.79 Å². The lowest BCUT2D eigenvalue weighted by molar-refractivity contribution is -0.118. The van der Waals surface area contributed by atoms with Gasteiger partial charge in [-0.15, -0.1) is 0 Å². The van der Waals surface area contributed by atoms with Crippen molar-refractivity contribution in [1.29, 1.82) is 0 Å². The summed E-state index contributed by atoms with van der Waals surface area (Å²) in [7, 11) is -3.60. The van der Waals surface area contributed by atoms with E-state index in [0.717, 1.165) is 5.56 Å². The summed E-state index contributed by atoms with van der Waals surface area (Å²) in [6, 6.07) is 13.9. The number of halogens is 1. The maximum absolute atomic E-state index is 15.1. The predicted octanol–water partition coefficient (Wildman–Crippen LogP) is 3.11. The Morgan fingerprint density at radius 2 is 1.91 bits per heavy atom. The maximum atomic E-state index is 15.1. The lowest BCUT2D eigenvalue weighted by Gasteiger charge is -2.36. The van der Waals surface area contributed by atoms with Gasteiger partial charge in [-0.1, -0.05) is 43.3 Å². The third-order valence-corrected chi connectivity index (χ3v) is 8.62. The molecule has 2 aliphatic heterocycles. The van der Waals surface area contributed by atoms with Crippen LogP contribution >= 0.6 is 0 Å². The van der Waals surface area contributed by atoms with Crippen LogP contribution in [0.2, 0.25) is 0 Å². The molecule has 2 saturated heterocycles. The standard InChI is InChI=1S/C24H30FN3O3S/c1-17-12-24(19-6-4-3-5-7-19)32(30,31)28(14-17)15-20-8-9-21(13-22(20)25)27-11-10-26-23(16-27)18(2)29/h3-9,13,17,23-24,26H,10-12,14-16H2,1-2H3. The molecule has 1 N–H and O–H groups in total. The van der Waals surface area contributed by atoms with Crippen molar-refractivity contribution in [2.24, 2.45) is 5.92 Å². The third kappa shape index (κ3) is 4.72. The van der Waals surface area contributed by atoms with E-state index >= 15 is 4.39 Å². The Kier molecular flexibility index (Phi) is 6.65. The molecule has 2 heterocycles. The summed E-state index contributed by atoms with van der Waals surface area (Å²) in [6.07, 6.45) is 0.560.